The summed E-state index contributed by atoms with van der Waals surface area (Å²) in [5.41, 5.74) is 0. The van der Waals surface area contributed by atoms with Crippen LogP contribution >= 0.6 is 0 Å². The Hall–Kier alpha value is 0.870. The van der Waals surface area contributed by atoms with Gasteiger partial charge < -0.3 is 9.66 Å². The second kappa shape index (κ2) is 18.2. The van der Waals surface area contributed by atoms with Gasteiger partial charge in [0.25, 0.3) is 0 Å². The largest absolute Gasteiger partial charge is 1.00 e. The second-order valence-corrected chi connectivity index (χ2v) is 8.76. The van der Waals surface area contributed by atoms with Gasteiger partial charge in [-0.25, -0.2) is 8.42 Å². The third kappa shape index (κ3) is 18.0. The van der Waals surface area contributed by atoms with E-state index in [1.807, 2.05) is 0 Å². The summed E-state index contributed by atoms with van der Waals surface area (Å²) in [4.78, 5) is 0. The average molecular weight is 387 g/mol. The molecule has 4 nitrogen and oxygen atoms in total. The van der Waals surface area contributed by atoms with Crippen molar-refractivity contribution in [3.8, 4) is 0 Å². The van der Waals surface area contributed by atoms with Gasteiger partial charge in [-0.3, -0.25) is 0 Å². The molecule has 0 saturated carbocycles. The third-order valence-electron chi connectivity index (χ3n) is 4.75. The van der Waals surface area contributed by atoms with Crippen LogP contribution in [0, 0.1) is 0 Å². The van der Waals surface area contributed by atoms with Gasteiger partial charge in [0.1, 0.15) is 0 Å². The van der Waals surface area contributed by atoms with E-state index >= 15 is 0 Å². The van der Waals surface area contributed by atoms with Crippen molar-refractivity contribution >= 4 is 10.1 Å². The summed E-state index contributed by atoms with van der Waals surface area (Å²) in [6, 6.07) is 0. The first kappa shape index (κ1) is 28.1. The van der Waals surface area contributed by atoms with Crippen LogP contribution in [-0.2, 0) is 10.1 Å². The molecular weight excluding hydrogens is 347 g/mol. The van der Waals surface area contributed by atoms with Crippen molar-refractivity contribution in [2.24, 2.45) is 0 Å². The van der Waals surface area contributed by atoms with E-state index in [4.69, 9.17) is 0 Å². The van der Waals surface area contributed by atoms with E-state index in [0.29, 0.717) is 25.7 Å². The number of hydrogen-bond donors (Lipinski definition) is 1. The van der Waals surface area contributed by atoms with Crippen LogP contribution < -0.4 is 29.6 Å². The van der Waals surface area contributed by atoms with Crippen molar-refractivity contribution in [2.45, 2.75) is 122 Å². The van der Waals surface area contributed by atoms with Gasteiger partial charge in [0.15, 0.2) is 0 Å². The molecule has 0 radical (unpaired) electrons. The standard InChI is InChI=1S/C19H40O4S.Na/c1-3-5-7-9-10-11-13-15-19(24(21,22)23)17-16-18(20)14-12-8-6-4-2;/h18-20H,3-17H2,1-2H3,(H,21,22,23);/q;+1/p-1. The van der Waals surface area contributed by atoms with Crippen LogP contribution in [0.5, 0.6) is 0 Å². The second-order valence-electron chi connectivity index (χ2n) is 7.11. The van der Waals surface area contributed by atoms with Crippen LogP contribution in [0.2, 0.25) is 0 Å². The molecule has 0 aliphatic rings. The smallest absolute Gasteiger partial charge is 0.748 e. The first-order valence-electron chi connectivity index (χ1n) is 10.0. The van der Waals surface area contributed by atoms with Crippen molar-refractivity contribution in [2.75, 3.05) is 0 Å². The van der Waals surface area contributed by atoms with Gasteiger partial charge in [-0.1, -0.05) is 84.5 Å². The molecule has 1 N–H and O–H groups in total. The molecule has 0 rings (SSSR count). The van der Waals surface area contributed by atoms with E-state index < -0.39 is 21.5 Å². The van der Waals surface area contributed by atoms with E-state index in [2.05, 4.69) is 13.8 Å². The molecule has 146 valence electrons. The van der Waals surface area contributed by atoms with E-state index in [1.165, 1.54) is 32.1 Å². The van der Waals surface area contributed by atoms with Gasteiger partial charge in [-0.15, -0.1) is 0 Å². The maximum Gasteiger partial charge on any atom is 1.00 e. The van der Waals surface area contributed by atoms with E-state index in [9.17, 15) is 18.1 Å². The zero-order chi connectivity index (χ0) is 18.3. The molecule has 0 bridgehead atoms. The molecule has 0 aliphatic heterocycles. The minimum absolute atomic E-state index is 0. The minimum Gasteiger partial charge on any atom is -0.748 e. The Labute approximate surface area is 178 Å². The quantitative estimate of drug-likeness (QED) is 0.236. The summed E-state index contributed by atoms with van der Waals surface area (Å²) >= 11 is 0. The predicted molar refractivity (Wildman–Crippen MR) is 100 cm³/mol. The molecule has 25 heavy (non-hydrogen) atoms. The summed E-state index contributed by atoms with van der Waals surface area (Å²) in [7, 11) is -4.25. The summed E-state index contributed by atoms with van der Waals surface area (Å²) < 4.78 is 34.2. The molecule has 0 spiro atoms. The van der Waals surface area contributed by atoms with Crippen LogP contribution in [-0.4, -0.2) is 29.4 Å². The topological polar surface area (TPSA) is 77.4 Å². The van der Waals surface area contributed by atoms with Crippen LogP contribution in [0.15, 0.2) is 0 Å². The molecular formula is C19H39NaO4S. The number of aliphatic hydroxyl groups excluding tert-OH is 1. The zero-order valence-electron chi connectivity index (χ0n) is 16.8. The molecule has 0 fully saturated rings. The fourth-order valence-corrected chi connectivity index (χ4v) is 3.97. The zero-order valence-corrected chi connectivity index (χ0v) is 19.7. The monoisotopic (exact) mass is 386 g/mol. The molecule has 0 aromatic rings. The summed E-state index contributed by atoms with van der Waals surface area (Å²) in [5.74, 6) is 0. The Bertz CT molecular complexity index is 374. The number of aliphatic hydroxyl groups is 1. The number of unbranched alkanes of at least 4 members (excludes halogenated alkanes) is 9. The molecule has 0 saturated heterocycles. The van der Waals surface area contributed by atoms with Crippen LogP contribution in [0.1, 0.15) is 110 Å². The molecule has 2 atom stereocenters. The molecule has 2 unspecified atom stereocenters. The molecule has 0 aliphatic carbocycles. The fourth-order valence-electron chi connectivity index (χ4n) is 3.09. The first-order chi connectivity index (χ1) is 11.4. The van der Waals surface area contributed by atoms with E-state index in [-0.39, 0.29) is 29.6 Å². The van der Waals surface area contributed by atoms with Gasteiger partial charge in [0.2, 0.25) is 0 Å². The van der Waals surface area contributed by atoms with Crippen molar-refractivity contribution < 1.29 is 47.6 Å². The van der Waals surface area contributed by atoms with Gasteiger partial charge in [-0.05, 0) is 25.7 Å². The summed E-state index contributed by atoms with van der Waals surface area (Å²) in [6.07, 6.45) is 13.6. The molecule has 0 aromatic heterocycles. The number of hydrogen-bond acceptors (Lipinski definition) is 4. The minimum atomic E-state index is -4.25. The molecule has 6 heteroatoms. The van der Waals surface area contributed by atoms with Gasteiger partial charge in [-0.2, -0.15) is 0 Å². The van der Waals surface area contributed by atoms with Gasteiger partial charge >= 0.3 is 29.6 Å². The maximum atomic E-state index is 11.4. The molecule has 0 amide bonds. The Morgan fingerprint density at radius 2 is 1.16 bits per heavy atom. The first-order valence-corrected chi connectivity index (χ1v) is 11.5. The normalized spacial score (nSPS) is 14.1. The summed E-state index contributed by atoms with van der Waals surface area (Å²) in [5, 5.41) is 9.14. The van der Waals surface area contributed by atoms with Crippen molar-refractivity contribution in [1.29, 1.82) is 0 Å². The average Bonchev–Trinajstić information content (AvgIpc) is 2.52. The Morgan fingerprint density at radius 3 is 1.68 bits per heavy atom. The summed E-state index contributed by atoms with van der Waals surface area (Å²) in [6.45, 7) is 4.33. The SMILES string of the molecule is CCCCCCCCCC(CCC(O)CCCCCC)S(=O)(=O)[O-].[Na+]. The van der Waals surface area contributed by atoms with Crippen molar-refractivity contribution in [1.82, 2.24) is 0 Å². The third-order valence-corrected chi connectivity index (χ3v) is 6.04. The van der Waals surface area contributed by atoms with E-state index in [0.717, 1.165) is 38.5 Å². The van der Waals surface area contributed by atoms with Crippen LogP contribution in [0.25, 0.3) is 0 Å². The Balaban J connectivity index is 0. The Kier molecular flexibility index (Phi) is 20.5. The van der Waals surface area contributed by atoms with Crippen molar-refractivity contribution in [3.05, 3.63) is 0 Å². The van der Waals surface area contributed by atoms with E-state index in [1.54, 1.807) is 0 Å². The van der Waals surface area contributed by atoms with Crippen LogP contribution in [0.3, 0.4) is 0 Å². The number of rotatable bonds is 17. The Morgan fingerprint density at radius 1 is 0.720 bits per heavy atom. The van der Waals surface area contributed by atoms with Gasteiger partial charge in [0.05, 0.1) is 16.2 Å². The van der Waals surface area contributed by atoms with Gasteiger partial charge in [0, 0.05) is 5.25 Å². The van der Waals surface area contributed by atoms with Crippen LogP contribution in [0.4, 0.5) is 0 Å². The molecule has 0 heterocycles. The predicted octanol–water partition coefficient (Wildman–Crippen LogP) is 2.16. The fraction of sp³-hybridized carbons (Fsp3) is 1.00. The molecule has 0 aromatic carbocycles. The maximum absolute atomic E-state index is 11.4. The van der Waals surface area contributed by atoms with Crippen molar-refractivity contribution in [3.63, 3.8) is 0 Å².